The summed E-state index contributed by atoms with van der Waals surface area (Å²) in [5, 5.41) is 9.43. The molecule has 0 aliphatic heterocycles. The zero-order chi connectivity index (χ0) is 25.1. The fourth-order valence-electron chi connectivity index (χ4n) is 2.72. The first-order chi connectivity index (χ1) is 15.8. The second-order valence-corrected chi connectivity index (χ2v) is 8.11. The molecule has 0 saturated heterocycles. The van der Waals surface area contributed by atoms with Gasteiger partial charge >= 0.3 is 12.5 Å². The summed E-state index contributed by atoms with van der Waals surface area (Å²) in [4.78, 5) is 28.6. The molecule has 0 unspecified atom stereocenters. The van der Waals surface area contributed by atoms with Gasteiger partial charge in [-0.2, -0.15) is 4.98 Å². The summed E-state index contributed by atoms with van der Waals surface area (Å²) < 4.78 is 47.1. The third-order valence-electron chi connectivity index (χ3n) is 4.13. The smallest absolute Gasteiger partial charge is 0.444 e. The molecule has 180 valence electrons. The Kier molecular flexibility index (Phi) is 6.80. The van der Waals surface area contributed by atoms with Gasteiger partial charge in [0.15, 0.2) is 5.82 Å². The number of hydrogen-bond acceptors (Lipinski definition) is 6. The van der Waals surface area contributed by atoms with Crippen LogP contribution >= 0.6 is 0 Å². The van der Waals surface area contributed by atoms with E-state index in [0.717, 1.165) is 12.1 Å². The zero-order valence-electron chi connectivity index (χ0n) is 18.7. The van der Waals surface area contributed by atoms with Gasteiger partial charge in [0.1, 0.15) is 11.4 Å². The first kappa shape index (κ1) is 24.6. The van der Waals surface area contributed by atoms with E-state index in [0.29, 0.717) is 17.1 Å². The molecule has 0 radical (unpaired) electrons. The van der Waals surface area contributed by atoms with Crippen LogP contribution in [0, 0.1) is 0 Å². The molecule has 1 aromatic heterocycles. The van der Waals surface area contributed by atoms with Crippen LogP contribution in [0.25, 0.3) is 11.4 Å². The largest absolute Gasteiger partial charge is 0.573 e. The van der Waals surface area contributed by atoms with Crippen LogP contribution < -0.4 is 15.4 Å². The summed E-state index contributed by atoms with van der Waals surface area (Å²) in [5.74, 6) is -0.575. The highest BCUT2D eigenvalue weighted by Gasteiger charge is 2.31. The molecule has 12 heteroatoms. The van der Waals surface area contributed by atoms with Crippen molar-refractivity contribution < 1.29 is 32.2 Å². The lowest BCUT2D eigenvalue weighted by atomic mass is 10.2. The summed E-state index contributed by atoms with van der Waals surface area (Å²) in [7, 11) is 1.57. The van der Waals surface area contributed by atoms with Crippen molar-refractivity contribution in [2.75, 3.05) is 10.6 Å². The second-order valence-electron chi connectivity index (χ2n) is 8.11. The summed E-state index contributed by atoms with van der Waals surface area (Å²) in [6.45, 7) is 5.28. The summed E-state index contributed by atoms with van der Waals surface area (Å²) in [6, 6.07) is 11.2. The summed E-state index contributed by atoms with van der Waals surface area (Å²) in [5.41, 5.74) is 0.623. The molecule has 0 fully saturated rings. The maximum Gasteiger partial charge on any atom is 0.573 e. The van der Waals surface area contributed by atoms with Gasteiger partial charge in [-0.05, 0) is 69.3 Å². The molecule has 0 aliphatic carbocycles. The minimum Gasteiger partial charge on any atom is -0.444 e. The standard InChI is InChI=1S/C22H22F3N5O4/c1-21(2,3)34-20(32)26-15-9-5-13(6-10-15)17-27-19(30(4)29-17)28-18(31)14-7-11-16(12-8-14)33-22(23,24)25/h5-12H,1-4H3,(H,26,32)(H,27,28,29,31). The van der Waals surface area contributed by atoms with Gasteiger partial charge in [-0.1, -0.05) is 0 Å². The lowest BCUT2D eigenvalue weighted by Crippen LogP contribution is -2.27. The van der Waals surface area contributed by atoms with E-state index in [1.165, 1.54) is 16.8 Å². The highest BCUT2D eigenvalue weighted by molar-refractivity contribution is 6.03. The van der Waals surface area contributed by atoms with Crippen LogP contribution in [-0.4, -0.2) is 38.7 Å². The average molecular weight is 477 g/mol. The molecule has 0 atom stereocenters. The highest BCUT2D eigenvalue weighted by Crippen LogP contribution is 2.24. The molecule has 2 amide bonds. The van der Waals surface area contributed by atoms with Gasteiger partial charge < -0.3 is 9.47 Å². The Morgan fingerprint density at radius 3 is 2.12 bits per heavy atom. The number of aryl methyl sites for hydroxylation is 1. The van der Waals surface area contributed by atoms with Crippen LogP contribution in [-0.2, 0) is 11.8 Å². The zero-order valence-corrected chi connectivity index (χ0v) is 18.7. The Balaban J connectivity index is 1.66. The number of nitrogens with one attached hydrogen (secondary N) is 2. The maximum absolute atomic E-state index is 12.4. The van der Waals surface area contributed by atoms with Crippen molar-refractivity contribution in [3.05, 3.63) is 54.1 Å². The third-order valence-corrected chi connectivity index (χ3v) is 4.13. The summed E-state index contributed by atoms with van der Waals surface area (Å²) in [6.07, 6.45) is -5.40. The normalized spacial score (nSPS) is 11.6. The number of nitrogens with zero attached hydrogens (tertiary/aromatic N) is 3. The maximum atomic E-state index is 12.4. The number of anilines is 2. The van der Waals surface area contributed by atoms with Crippen molar-refractivity contribution >= 4 is 23.6 Å². The number of aromatic nitrogens is 3. The number of benzene rings is 2. The van der Waals surface area contributed by atoms with Crippen LogP contribution in [0.2, 0.25) is 0 Å². The highest BCUT2D eigenvalue weighted by atomic mass is 19.4. The molecule has 2 N–H and O–H groups in total. The number of carbonyl (C=O) groups excluding carboxylic acids is 2. The lowest BCUT2D eigenvalue weighted by molar-refractivity contribution is -0.274. The fraction of sp³-hybridized carbons (Fsp3) is 0.273. The van der Waals surface area contributed by atoms with E-state index >= 15 is 0 Å². The van der Waals surface area contributed by atoms with Crippen molar-refractivity contribution in [3.8, 4) is 17.1 Å². The first-order valence-electron chi connectivity index (χ1n) is 9.98. The Morgan fingerprint density at radius 2 is 1.56 bits per heavy atom. The van der Waals surface area contributed by atoms with Crippen molar-refractivity contribution in [3.63, 3.8) is 0 Å². The molecule has 0 aliphatic rings. The van der Waals surface area contributed by atoms with E-state index in [9.17, 15) is 22.8 Å². The number of hydrogen-bond donors (Lipinski definition) is 2. The molecule has 0 spiro atoms. The minimum absolute atomic E-state index is 0.108. The SMILES string of the molecule is Cn1nc(-c2ccc(NC(=O)OC(C)(C)C)cc2)nc1NC(=O)c1ccc(OC(F)(F)F)cc1. The van der Waals surface area contributed by atoms with Gasteiger partial charge in [-0.3, -0.25) is 15.4 Å². The van der Waals surface area contributed by atoms with Crippen LogP contribution in [0.5, 0.6) is 5.75 Å². The molecular weight excluding hydrogens is 455 g/mol. The van der Waals surface area contributed by atoms with Crippen LogP contribution in [0.3, 0.4) is 0 Å². The number of ether oxygens (including phenoxy) is 2. The first-order valence-corrected chi connectivity index (χ1v) is 9.98. The van der Waals surface area contributed by atoms with Gasteiger partial charge in [0.2, 0.25) is 5.95 Å². The molecule has 0 bridgehead atoms. The van der Waals surface area contributed by atoms with E-state index in [1.807, 2.05) is 0 Å². The number of halogens is 3. The predicted molar refractivity (Wildman–Crippen MR) is 117 cm³/mol. The number of amides is 2. The van der Waals surface area contributed by atoms with E-state index in [4.69, 9.17) is 4.74 Å². The van der Waals surface area contributed by atoms with E-state index in [1.54, 1.807) is 52.1 Å². The average Bonchev–Trinajstić information content (AvgIpc) is 3.06. The molecule has 3 rings (SSSR count). The number of alkyl halides is 3. The molecule has 1 heterocycles. The molecule has 3 aromatic rings. The van der Waals surface area contributed by atoms with E-state index < -0.39 is 29.7 Å². The minimum atomic E-state index is -4.82. The molecule has 34 heavy (non-hydrogen) atoms. The Labute approximate surface area is 192 Å². The van der Waals surface area contributed by atoms with E-state index in [-0.39, 0.29) is 11.5 Å². The van der Waals surface area contributed by atoms with Crippen LogP contribution in [0.1, 0.15) is 31.1 Å². The predicted octanol–water partition coefficient (Wildman–Crippen LogP) is 4.98. The fourth-order valence-corrected chi connectivity index (χ4v) is 2.72. The monoisotopic (exact) mass is 477 g/mol. The van der Waals surface area contributed by atoms with Crippen LogP contribution in [0.15, 0.2) is 48.5 Å². The molecule has 0 saturated carbocycles. The van der Waals surface area contributed by atoms with Crippen molar-refractivity contribution in [2.24, 2.45) is 7.05 Å². The van der Waals surface area contributed by atoms with E-state index in [2.05, 4.69) is 25.5 Å². The lowest BCUT2D eigenvalue weighted by Gasteiger charge is -2.19. The topological polar surface area (TPSA) is 107 Å². The third kappa shape index (κ3) is 6.95. The quantitative estimate of drug-likeness (QED) is 0.537. The van der Waals surface area contributed by atoms with Crippen molar-refractivity contribution in [1.82, 2.24) is 14.8 Å². The Hall–Kier alpha value is -4.09. The van der Waals surface area contributed by atoms with Crippen molar-refractivity contribution in [2.45, 2.75) is 32.7 Å². The number of rotatable bonds is 5. The van der Waals surface area contributed by atoms with Gasteiger partial charge in [0.05, 0.1) is 0 Å². The molecule has 2 aromatic carbocycles. The number of carbonyl (C=O) groups is 2. The Bertz CT molecular complexity index is 1170. The second kappa shape index (κ2) is 9.41. The van der Waals surface area contributed by atoms with Gasteiger partial charge in [0.25, 0.3) is 5.91 Å². The van der Waals surface area contributed by atoms with Gasteiger partial charge in [0, 0.05) is 23.9 Å². The Morgan fingerprint density at radius 1 is 0.941 bits per heavy atom. The van der Waals surface area contributed by atoms with Crippen LogP contribution in [0.4, 0.5) is 29.6 Å². The van der Waals surface area contributed by atoms with Gasteiger partial charge in [-0.25, -0.2) is 9.48 Å². The van der Waals surface area contributed by atoms with Gasteiger partial charge in [-0.15, -0.1) is 18.3 Å². The van der Waals surface area contributed by atoms with Crippen molar-refractivity contribution in [1.29, 1.82) is 0 Å². The molecule has 9 nitrogen and oxygen atoms in total. The molecular formula is C22H22F3N5O4. The summed E-state index contributed by atoms with van der Waals surface area (Å²) >= 11 is 0.